The third-order valence-electron chi connectivity index (χ3n) is 3.84. The Kier molecular flexibility index (Phi) is 6.98. The van der Waals surface area contributed by atoms with Crippen LogP contribution in [-0.4, -0.2) is 30.6 Å². The Balaban J connectivity index is 2.23. The first-order valence-electron chi connectivity index (χ1n) is 8.53. The average Bonchev–Trinajstić information content (AvgIpc) is 2.64. The monoisotopic (exact) mass is 373 g/mol. The van der Waals surface area contributed by atoms with E-state index in [4.69, 9.17) is 9.47 Å². The highest BCUT2D eigenvalue weighted by molar-refractivity contribution is 8.01. The summed E-state index contributed by atoms with van der Waals surface area (Å²) in [5, 5.41) is 3.16. The van der Waals surface area contributed by atoms with Gasteiger partial charge in [-0.05, 0) is 35.4 Å². The first kappa shape index (κ1) is 20.2. The second kappa shape index (κ2) is 8.99. The van der Waals surface area contributed by atoms with Crippen LogP contribution >= 0.6 is 11.8 Å². The molecule has 0 fully saturated rings. The summed E-state index contributed by atoms with van der Waals surface area (Å²) in [5.74, 6) is 2.02. The SMILES string of the molecule is COc1ccc(C(NC(=O)CSC(C)(C)C)c2ccc(OC)cc2)cc1. The highest BCUT2D eigenvalue weighted by Gasteiger charge is 2.19. The molecule has 26 heavy (non-hydrogen) atoms. The summed E-state index contributed by atoms with van der Waals surface area (Å²) in [7, 11) is 3.28. The van der Waals surface area contributed by atoms with Gasteiger partial charge in [-0.25, -0.2) is 0 Å². The van der Waals surface area contributed by atoms with E-state index in [1.54, 1.807) is 26.0 Å². The summed E-state index contributed by atoms with van der Waals surface area (Å²) in [6.45, 7) is 6.32. The quantitative estimate of drug-likeness (QED) is 0.779. The van der Waals surface area contributed by atoms with Crippen LogP contribution in [0.25, 0.3) is 0 Å². The van der Waals surface area contributed by atoms with Crippen molar-refractivity contribution in [2.45, 2.75) is 31.6 Å². The number of hydrogen-bond donors (Lipinski definition) is 1. The second-order valence-electron chi connectivity index (χ2n) is 6.95. The number of nitrogens with one attached hydrogen (secondary N) is 1. The molecule has 5 heteroatoms. The molecule has 1 N–H and O–H groups in total. The maximum atomic E-state index is 12.5. The lowest BCUT2D eigenvalue weighted by Crippen LogP contribution is -2.31. The number of ether oxygens (including phenoxy) is 2. The van der Waals surface area contributed by atoms with Crippen LogP contribution in [0.1, 0.15) is 37.9 Å². The van der Waals surface area contributed by atoms with Gasteiger partial charge in [0.1, 0.15) is 11.5 Å². The zero-order valence-corrected chi connectivity index (χ0v) is 16.9. The Morgan fingerprint density at radius 2 is 1.35 bits per heavy atom. The molecule has 140 valence electrons. The summed E-state index contributed by atoms with van der Waals surface area (Å²) in [6, 6.07) is 15.3. The Labute approximate surface area is 160 Å². The zero-order valence-electron chi connectivity index (χ0n) is 16.0. The topological polar surface area (TPSA) is 47.6 Å². The molecular formula is C21H27NO3S. The van der Waals surface area contributed by atoms with Crippen LogP contribution in [0.2, 0.25) is 0 Å². The molecule has 0 spiro atoms. The summed E-state index contributed by atoms with van der Waals surface area (Å²) >= 11 is 1.63. The van der Waals surface area contributed by atoms with Crippen molar-refractivity contribution in [2.75, 3.05) is 20.0 Å². The van der Waals surface area contributed by atoms with Crippen LogP contribution in [-0.2, 0) is 4.79 Å². The predicted molar refractivity (Wildman–Crippen MR) is 108 cm³/mol. The number of benzene rings is 2. The molecule has 2 rings (SSSR count). The van der Waals surface area contributed by atoms with Gasteiger partial charge in [0, 0.05) is 4.75 Å². The number of amides is 1. The maximum absolute atomic E-state index is 12.5. The van der Waals surface area contributed by atoms with Crippen molar-refractivity contribution in [3.05, 3.63) is 59.7 Å². The number of carbonyl (C=O) groups is 1. The number of methoxy groups -OCH3 is 2. The Hall–Kier alpha value is -2.14. The molecule has 0 aliphatic carbocycles. The molecule has 0 aliphatic heterocycles. The number of thioether (sulfide) groups is 1. The Morgan fingerprint density at radius 1 is 0.923 bits per heavy atom. The first-order chi connectivity index (χ1) is 12.3. The fourth-order valence-corrected chi connectivity index (χ4v) is 3.08. The van der Waals surface area contributed by atoms with E-state index in [1.807, 2.05) is 48.5 Å². The van der Waals surface area contributed by atoms with E-state index in [0.29, 0.717) is 5.75 Å². The lowest BCUT2D eigenvalue weighted by atomic mass is 9.98. The van der Waals surface area contributed by atoms with E-state index in [2.05, 4.69) is 26.1 Å². The van der Waals surface area contributed by atoms with E-state index < -0.39 is 0 Å². The van der Waals surface area contributed by atoms with Crippen molar-refractivity contribution in [1.29, 1.82) is 0 Å². The number of hydrogen-bond acceptors (Lipinski definition) is 4. The van der Waals surface area contributed by atoms with Crippen LogP contribution in [0, 0.1) is 0 Å². The van der Waals surface area contributed by atoms with Crippen molar-refractivity contribution in [2.24, 2.45) is 0 Å². The zero-order chi connectivity index (χ0) is 19.2. The predicted octanol–water partition coefficient (Wildman–Crippen LogP) is 4.44. The molecule has 0 bridgehead atoms. The van der Waals surface area contributed by atoms with Crippen molar-refractivity contribution in [3.63, 3.8) is 0 Å². The van der Waals surface area contributed by atoms with Crippen LogP contribution in [0.4, 0.5) is 0 Å². The second-order valence-corrected chi connectivity index (χ2v) is 8.75. The van der Waals surface area contributed by atoms with Gasteiger partial charge in [-0.1, -0.05) is 45.0 Å². The molecule has 2 aromatic carbocycles. The standard InChI is InChI=1S/C21H27NO3S/c1-21(2,3)26-14-19(23)22-20(15-6-10-17(24-4)11-7-15)16-8-12-18(25-5)13-9-16/h6-13,20H,14H2,1-5H3,(H,22,23). The van der Waals surface area contributed by atoms with Gasteiger partial charge in [-0.15, -0.1) is 11.8 Å². The number of rotatable bonds is 7. The fraction of sp³-hybridized carbons (Fsp3) is 0.381. The van der Waals surface area contributed by atoms with Gasteiger partial charge in [0.2, 0.25) is 5.91 Å². The molecule has 0 radical (unpaired) electrons. The molecule has 4 nitrogen and oxygen atoms in total. The summed E-state index contributed by atoms with van der Waals surface area (Å²) in [5.41, 5.74) is 2.01. The Bertz CT molecular complexity index is 658. The molecule has 1 amide bonds. The molecule has 0 unspecified atom stereocenters. The Morgan fingerprint density at radius 3 is 1.69 bits per heavy atom. The van der Waals surface area contributed by atoms with Gasteiger partial charge in [-0.3, -0.25) is 4.79 Å². The summed E-state index contributed by atoms with van der Waals surface area (Å²) in [4.78, 5) is 12.5. The van der Waals surface area contributed by atoms with Crippen molar-refractivity contribution >= 4 is 17.7 Å². The van der Waals surface area contributed by atoms with Crippen LogP contribution in [0.15, 0.2) is 48.5 Å². The lowest BCUT2D eigenvalue weighted by Gasteiger charge is -2.22. The minimum absolute atomic E-state index is 0.0153. The highest BCUT2D eigenvalue weighted by atomic mass is 32.2. The fourth-order valence-electron chi connectivity index (χ4n) is 2.44. The van der Waals surface area contributed by atoms with E-state index in [-0.39, 0.29) is 16.7 Å². The third-order valence-corrected chi connectivity index (χ3v) is 5.11. The molecule has 0 aliphatic rings. The van der Waals surface area contributed by atoms with E-state index >= 15 is 0 Å². The lowest BCUT2D eigenvalue weighted by molar-refractivity contribution is -0.119. The molecular weight excluding hydrogens is 346 g/mol. The van der Waals surface area contributed by atoms with Gasteiger partial charge >= 0.3 is 0 Å². The number of carbonyl (C=O) groups excluding carboxylic acids is 1. The molecule has 0 saturated heterocycles. The van der Waals surface area contributed by atoms with Gasteiger partial charge in [-0.2, -0.15) is 0 Å². The molecule has 2 aromatic rings. The van der Waals surface area contributed by atoms with Crippen molar-refractivity contribution in [1.82, 2.24) is 5.32 Å². The van der Waals surface area contributed by atoms with Gasteiger partial charge in [0.05, 0.1) is 26.0 Å². The highest BCUT2D eigenvalue weighted by Crippen LogP contribution is 2.27. The van der Waals surface area contributed by atoms with Gasteiger partial charge in [0.25, 0.3) is 0 Å². The van der Waals surface area contributed by atoms with Gasteiger partial charge in [0.15, 0.2) is 0 Å². The molecule has 0 aromatic heterocycles. The third kappa shape index (κ3) is 5.99. The van der Waals surface area contributed by atoms with E-state index in [0.717, 1.165) is 22.6 Å². The average molecular weight is 374 g/mol. The largest absolute Gasteiger partial charge is 0.497 e. The van der Waals surface area contributed by atoms with Crippen molar-refractivity contribution < 1.29 is 14.3 Å². The van der Waals surface area contributed by atoms with Crippen LogP contribution < -0.4 is 14.8 Å². The van der Waals surface area contributed by atoms with E-state index in [1.165, 1.54) is 0 Å². The minimum Gasteiger partial charge on any atom is -0.497 e. The summed E-state index contributed by atoms with van der Waals surface area (Å²) in [6.07, 6.45) is 0. The molecule has 0 saturated carbocycles. The minimum atomic E-state index is -0.222. The van der Waals surface area contributed by atoms with Gasteiger partial charge < -0.3 is 14.8 Å². The smallest absolute Gasteiger partial charge is 0.230 e. The van der Waals surface area contributed by atoms with E-state index in [9.17, 15) is 4.79 Å². The van der Waals surface area contributed by atoms with Crippen molar-refractivity contribution in [3.8, 4) is 11.5 Å². The molecule has 0 atom stereocenters. The summed E-state index contributed by atoms with van der Waals surface area (Å²) < 4.78 is 10.5. The maximum Gasteiger partial charge on any atom is 0.230 e. The first-order valence-corrected chi connectivity index (χ1v) is 9.52. The van der Waals surface area contributed by atoms with Crippen LogP contribution in [0.3, 0.4) is 0 Å². The normalized spacial score (nSPS) is 11.3. The molecule has 0 heterocycles. The van der Waals surface area contributed by atoms with Crippen LogP contribution in [0.5, 0.6) is 11.5 Å².